The summed E-state index contributed by atoms with van der Waals surface area (Å²) < 4.78 is 0. The van der Waals surface area contributed by atoms with Crippen molar-refractivity contribution in [3.63, 3.8) is 0 Å². The molecule has 0 saturated heterocycles. The lowest BCUT2D eigenvalue weighted by Gasteiger charge is -2.26. The van der Waals surface area contributed by atoms with Gasteiger partial charge in [-0.25, -0.2) is 0 Å². The van der Waals surface area contributed by atoms with Crippen molar-refractivity contribution in [1.29, 1.82) is 0 Å². The maximum Gasteiger partial charge on any atom is 0.273 e. The number of carbonyl (C=O) groups is 1. The van der Waals surface area contributed by atoms with Gasteiger partial charge in [-0.3, -0.25) is 14.9 Å². The van der Waals surface area contributed by atoms with Gasteiger partial charge < -0.3 is 10.0 Å². The summed E-state index contributed by atoms with van der Waals surface area (Å²) in [6, 6.07) is 18.7. The van der Waals surface area contributed by atoms with Crippen molar-refractivity contribution in [2.75, 3.05) is 0 Å². The molecule has 0 aliphatic carbocycles. The monoisotopic (exact) mass is 396 g/mol. The highest BCUT2D eigenvalue weighted by atomic mass is 16.3. The van der Waals surface area contributed by atoms with E-state index in [1.807, 2.05) is 60.4 Å². The second-order valence-electron chi connectivity index (χ2n) is 7.49. The molecule has 148 valence electrons. The molecular formula is C24H20N4O2. The van der Waals surface area contributed by atoms with E-state index in [0.29, 0.717) is 23.5 Å². The van der Waals surface area contributed by atoms with Crippen molar-refractivity contribution in [1.82, 2.24) is 20.1 Å². The molecule has 1 unspecified atom stereocenters. The van der Waals surface area contributed by atoms with Crippen LogP contribution in [-0.2, 0) is 6.54 Å². The van der Waals surface area contributed by atoms with Crippen LogP contribution in [0.4, 0.5) is 0 Å². The molecular weight excluding hydrogens is 376 g/mol. The molecule has 2 aromatic carbocycles. The molecule has 5 rings (SSSR count). The quantitative estimate of drug-likeness (QED) is 0.541. The Morgan fingerprint density at radius 1 is 1.07 bits per heavy atom. The first-order valence-electron chi connectivity index (χ1n) is 9.76. The molecule has 0 fully saturated rings. The normalized spacial score (nSPS) is 15.4. The molecule has 6 heteroatoms. The largest absolute Gasteiger partial charge is 0.507 e. The SMILES string of the molecule is Cc1ccc(C2c3c(-c4ccccc4O)n[nH]c3C(=O)N2Cc2cccnc2)cc1. The Hall–Kier alpha value is -3.93. The second-order valence-corrected chi connectivity index (χ2v) is 7.49. The van der Waals surface area contributed by atoms with E-state index < -0.39 is 0 Å². The first kappa shape index (κ1) is 18.1. The predicted octanol–water partition coefficient (Wildman–Crippen LogP) is 4.23. The van der Waals surface area contributed by atoms with Crippen LogP contribution in [-0.4, -0.2) is 31.1 Å². The number of aromatic amines is 1. The van der Waals surface area contributed by atoms with Gasteiger partial charge in [-0.15, -0.1) is 0 Å². The van der Waals surface area contributed by atoms with Gasteiger partial charge in [0.05, 0.1) is 6.04 Å². The van der Waals surface area contributed by atoms with Crippen molar-refractivity contribution in [3.8, 4) is 17.0 Å². The van der Waals surface area contributed by atoms with Crippen LogP contribution in [0.25, 0.3) is 11.3 Å². The summed E-state index contributed by atoms with van der Waals surface area (Å²) in [6.07, 6.45) is 3.49. The number of carbonyl (C=O) groups excluding carboxylic acids is 1. The lowest BCUT2D eigenvalue weighted by atomic mass is 9.95. The van der Waals surface area contributed by atoms with Crippen LogP contribution in [0.5, 0.6) is 5.75 Å². The fraction of sp³-hybridized carbons (Fsp3) is 0.125. The van der Waals surface area contributed by atoms with Crippen LogP contribution in [0, 0.1) is 6.92 Å². The number of hydrogen-bond acceptors (Lipinski definition) is 4. The Kier molecular flexibility index (Phi) is 4.32. The van der Waals surface area contributed by atoms with E-state index >= 15 is 0 Å². The lowest BCUT2D eigenvalue weighted by molar-refractivity contribution is 0.0730. The van der Waals surface area contributed by atoms with Crippen LogP contribution < -0.4 is 0 Å². The van der Waals surface area contributed by atoms with Gasteiger partial charge in [-0.1, -0.05) is 48.0 Å². The summed E-state index contributed by atoms with van der Waals surface area (Å²) in [7, 11) is 0. The molecule has 1 atom stereocenters. The summed E-state index contributed by atoms with van der Waals surface area (Å²) in [6.45, 7) is 2.46. The lowest BCUT2D eigenvalue weighted by Crippen LogP contribution is -2.29. The minimum Gasteiger partial charge on any atom is -0.507 e. The predicted molar refractivity (Wildman–Crippen MR) is 113 cm³/mol. The topological polar surface area (TPSA) is 82.1 Å². The average Bonchev–Trinajstić information content (AvgIpc) is 3.30. The zero-order valence-corrected chi connectivity index (χ0v) is 16.4. The number of amides is 1. The van der Waals surface area contributed by atoms with E-state index in [4.69, 9.17) is 0 Å². The van der Waals surface area contributed by atoms with E-state index in [2.05, 4.69) is 15.2 Å². The molecule has 1 aliphatic heterocycles. The fourth-order valence-electron chi connectivity index (χ4n) is 4.02. The van der Waals surface area contributed by atoms with Crippen molar-refractivity contribution < 1.29 is 9.90 Å². The number of nitrogens with zero attached hydrogens (tertiary/aromatic N) is 3. The maximum atomic E-state index is 13.4. The number of phenolic OH excluding ortho intramolecular Hbond substituents is 1. The molecule has 0 radical (unpaired) electrons. The van der Waals surface area contributed by atoms with E-state index in [-0.39, 0.29) is 17.7 Å². The number of H-pyrrole nitrogens is 1. The van der Waals surface area contributed by atoms with Crippen molar-refractivity contribution in [2.45, 2.75) is 19.5 Å². The zero-order chi connectivity index (χ0) is 20.7. The highest BCUT2D eigenvalue weighted by molar-refractivity contribution is 6.00. The number of aromatic nitrogens is 3. The van der Waals surface area contributed by atoms with E-state index in [1.54, 1.807) is 24.5 Å². The molecule has 0 bridgehead atoms. The highest BCUT2D eigenvalue weighted by Crippen LogP contribution is 2.44. The third-order valence-electron chi connectivity index (χ3n) is 5.49. The van der Waals surface area contributed by atoms with E-state index in [9.17, 15) is 9.90 Å². The van der Waals surface area contributed by atoms with E-state index in [0.717, 1.165) is 22.3 Å². The number of pyridine rings is 1. The van der Waals surface area contributed by atoms with Crippen LogP contribution in [0.1, 0.15) is 38.8 Å². The summed E-state index contributed by atoms with van der Waals surface area (Å²) >= 11 is 0. The van der Waals surface area contributed by atoms with Gasteiger partial charge in [0.25, 0.3) is 5.91 Å². The summed E-state index contributed by atoms with van der Waals surface area (Å²) in [4.78, 5) is 19.4. The van der Waals surface area contributed by atoms with Crippen LogP contribution >= 0.6 is 0 Å². The van der Waals surface area contributed by atoms with Crippen LogP contribution in [0.3, 0.4) is 0 Å². The molecule has 1 aliphatic rings. The molecule has 30 heavy (non-hydrogen) atoms. The number of nitrogens with one attached hydrogen (secondary N) is 1. The van der Waals surface area contributed by atoms with Gasteiger partial charge >= 0.3 is 0 Å². The van der Waals surface area contributed by atoms with Crippen molar-refractivity contribution >= 4 is 5.91 Å². The molecule has 4 aromatic rings. The van der Waals surface area contributed by atoms with Gasteiger partial charge in [0, 0.05) is 30.1 Å². The Bertz CT molecular complexity index is 1220. The Morgan fingerprint density at radius 2 is 1.87 bits per heavy atom. The number of hydrogen-bond donors (Lipinski definition) is 2. The molecule has 2 aromatic heterocycles. The third kappa shape index (κ3) is 2.93. The number of benzene rings is 2. The van der Waals surface area contributed by atoms with Gasteiger partial charge in [0.1, 0.15) is 17.1 Å². The smallest absolute Gasteiger partial charge is 0.273 e. The first-order valence-corrected chi connectivity index (χ1v) is 9.76. The third-order valence-corrected chi connectivity index (χ3v) is 5.49. The number of para-hydroxylation sites is 1. The number of rotatable bonds is 4. The number of fused-ring (bicyclic) bond motifs is 1. The van der Waals surface area contributed by atoms with Crippen molar-refractivity contribution in [2.24, 2.45) is 0 Å². The van der Waals surface area contributed by atoms with Gasteiger partial charge in [0.2, 0.25) is 0 Å². The molecule has 1 amide bonds. The summed E-state index contributed by atoms with van der Waals surface area (Å²) in [5.41, 5.74) is 5.53. The standard InChI is InChI=1S/C24H20N4O2/c1-15-8-10-17(11-9-15)23-20-21(18-6-2-3-7-19(18)29)26-27-22(20)24(30)28(23)14-16-5-4-12-25-13-16/h2-13,23,29H,14H2,1H3,(H,26,27). The fourth-order valence-corrected chi connectivity index (χ4v) is 4.02. The summed E-state index contributed by atoms with van der Waals surface area (Å²) in [5, 5.41) is 17.7. The van der Waals surface area contributed by atoms with Crippen LogP contribution in [0.2, 0.25) is 0 Å². The average molecular weight is 396 g/mol. The van der Waals surface area contributed by atoms with Crippen LogP contribution in [0.15, 0.2) is 73.1 Å². The Labute approximate surface area is 173 Å². The van der Waals surface area contributed by atoms with Gasteiger partial charge in [-0.05, 0) is 36.2 Å². The van der Waals surface area contributed by atoms with Gasteiger partial charge in [0.15, 0.2) is 0 Å². The molecule has 6 nitrogen and oxygen atoms in total. The first-order chi connectivity index (χ1) is 14.6. The zero-order valence-electron chi connectivity index (χ0n) is 16.4. The maximum absolute atomic E-state index is 13.4. The van der Waals surface area contributed by atoms with Gasteiger partial charge in [-0.2, -0.15) is 5.10 Å². The van der Waals surface area contributed by atoms with E-state index in [1.165, 1.54) is 0 Å². The minimum atomic E-state index is -0.318. The Balaban J connectivity index is 1.67. The molecule has 0 saturated carbocycles. The van der Waals surface area contributed by atoms with Crippen molar-refractivity contribution in [3.05, 3.63) is 101 Å². The number of aryl methyl sites for hydroxylation is 1. The molecule has 2 N–H and O–H groups in total. The second kappa shape index (κ2) is 7.15. The number of aromatic hydroxyl groups is 1. The number of phenols is 1. The Morgan fingerprint density at radius 3 is 2.60 bits per heavy atom. The highest BCUT2D eigenvalue weighted by Gasteiger charge is 2.42. The minimum absolute atomic E-state index is 0.117. The molecule has 0 spiro atoms. The summed E-state index contributed by atoms with van der Waals surface area (Å²) in [5.74, 6) is 0.0150. The molecule has 3 heterocycles.